The molecule has 28 heavy (non-hydrogen) atoms. The Morgan fingerprint density at radius 2 is 1.86 bits per heavy atom. The molecule has 2 rings (SSSR count). The molecule has 0 heterocycles. The van der Waals surface area contributed by atoms with E-state index in [4.69, 9.17) is 4.74 Å². The Kier molecular flexibility index (Phi) is 6.57. The molecular weight excluding hydrogens is 386 g/mol. The fourth-order valence-electron chi connectivity index (χ4n) is 2.52. The van der Waals surface area contributed by atoms with Crippen molar-refractivity contribution >= 4 is 33.0 Å². The first-order valence-corrected chi connectivity index (χ1v) is 10.2. The topological polar surface area (TPSA) is 119 Å². The second kappa shape index (κ2) is 8.70. The number of sulfonamides is 1. The Balaban J connectivity index is 2.33. The highest BCUT2D eigenvalue weighted by atomic mass is 32.2. The van der Waals surface area contributed by atoms with Crippen LogP contribution in [0, 0.1) is 10.1 Å². The predicted molar refractivity (Wildman–Crippen MR) is 106 cm³/mol. The number of nitro benzene ring substituents is 1. The molecule has 0 radical (unpaired) electrons. The first-order chi connectivity index (χ1) is 13.2. The van der Waals surface area contributed by atoms with Gasteiger partial charge in [-0.15, -0.1) is 0 Å². The third-order valence-corrected chi connectivity index (χ3v) is 5.10. The number of nitro groups is 1. The molecule has 0 fully saturated rings. The van der Waals surface area contributed by atoms with Gasteiger partial charge in [-0.1, -0.05) is 19.1 Å². The van der Waals surface area contributed by atoms with E-state index in [1.807, 2.05) is 19.1 Å². The number of nitrogens with one attached hydrogen (secondary N) is 1. The van der Waals surface area contributed by atoms with Gasteiger partial charge in [0.2, 0.25) is 15.9 Å². The van der Waals surface area contributed by atoms with Gasteiger partial charge in [0.25, 0.3) is 5.69 Å². The molecule has 0 saturated carbocycles. The molecule has 0 aliphatic rings. The van der Waals surface area contributed by atoms with Crippen molar-refractivity contribution < 1.29 is 22.9 Å². The summed E-state index contributed by atoms with van der Waals surface area (Å²) in [5.41, 5.74) is 1.20. The largest absolute Gasteiger partial charge is 0.495 e. The number of methoxy groups -OCH3 is 1. The molecule has 9 nitrogen and oxygen atoms in total. The number of hydrogen-bond donors (Lipinski definition) is 1. The van der Waals surface area contributed by atoms with E-state index in [0.717, 1.165) is 28.6 Å². The van der Waals surface area contributed by atoms with Crippen molar-refractivity contribution in [3.8, 4) is 5.75 Å². The van der Waals surface area contributed by atoms with E-state index in [0.29, 0.717) is 5.69 Å². The number of anilines is 2. The highest BCUT2D eigenvalue weighted by Gasteiger charge is 2.26. The first kappa shape index (κ1) is 21.2. The number of aryl methyl sites for hydroxylation is 1. The summed E-state index contributed by atoms with van der Waals surface area (Å²) in [5, 5.41) is 13.7. The van der Waals surface area contributed by atoms with E-state index >= 15 is 0 Å². The molecule has 0 saturated heterocycles. The second-order valence-corrected chi connectivity index (χ2v) is 7.89. The summed E-state index contributed by atoms with van der Waals surface area (Å²) in [6.07, 6.45) is 1.76. The van der Waals surface area contributed by atoms with Crippen LogP contribution in [-0.4, -0.2) is 39.2 Å². The average Bonchev–Trinajstić information content (AvgIpc) is 2.65. The lowest BCUT2D eigenvalue weighted by molar-refractivity contribution is -0.384. The Bertz CT molecular complexity index is 973. The molecule has 0 atom stereocenters. The van der Waals surface area contributed by atoms with Crippen LogP contribution >= 0.6 is 0 Å². The number of carbonyl (C=O) groups excluding carboxylic acids is 1. The predicted octanol–water partition coefficient (Wildman–Crippen LogP) is 2.57. The Morgan fingerprint density at radius 1 is 1.21 bits per heavy atom. The summed E-state index contributed by atoms with van der Waals surface area (Å²) in [4.78, 5) is 22.8. The number of benzene rings is 2. The molecule has 0 bridgehead atoms. The molecule has 2 aromatic carbocycles. The number of amides is 1. The van der Waals surface area contributed by atoms with Crippen LogP contribution in [0.25, 0.3) is 0 Å². The number of nitrogens with zero attached hydrogens (tertiary/aromatic N) is 2. The van der Waals surface area contributed by atoms with Gasteiger partial charge in [0.05, 0.1) is 18.3 Å². The molecule has 0 aliphatic carbocycles. The van der Waals surface area contributed by atoms with Crippen LogP contribution < -0.4 is 14.4 Å². The van der Waals surface area contributed by atoms with Crippen LogP contribution in [0.3, 0.4) is 0 Å². The van der Waals surface area contributed by atoms with Gasteiger partial charge in [-0.3, -0.25) is 19.2 Å². The van der Waals surface area contributed by atoms with E-state index in [9.17, 15) is 23.3 Å². The highest BCUT2D eigenvalue weighted by Crippen LogP contribution is 2.33. The fraction of sp³-hybridized carbons (Fsp3) is 0.278. The first-order valence-electron chi connectivity index (χ1n) is 8.34. The minimum absolute atomic E-state index is 0.0873. The van der Waals surface area contributed by atoms with E-state index in [1.165, 1.54) is 19.2 Å². The minimum Gasteiger partial charge on any atom is -0.495 e. The summed E-state index contributed by atoms with van der Waals surface area (Å²) < 4.78 is 30.4. The fourth-order valence-corrected chi connectivity index (χ4v) is 3.37. The van der Waals surface area contributed by atoms with Gasteiger partial charge < -0.3 is 10.1 Å². The zero-order chi connectivity index (χ0) is 20.9. The van der Waals surface area contributed by atoms with Crippen LogP contribution in [0.1, 0.15) is 12.5 Å². The third kappa shape index (κ3) is 5.19. The van der Waals surface area contributed by atoms with E-state index in [2.05, 4.69) is 5.32 Å². The van der Waals surface area contributed by atoms with E-state index in [1.54, 1.807) is 12.1 Å². The Morgan fingerprint density at radius 3 is 2.36 bits per heavy atom. The SMILES string of the molecule is CCc1ccc(NC(=O)CN(c2cc([N+](=O)[O-])ccc2OC)S(C)(=O)=O)cc1. The smallest absolute Gasteiger partial charge is 0.271 e. The van der Waals surface area contributed by atoms with Gasteiger partial charge in [0, 0.05) is 17.8 Å². The maximum absolute atomic E-state index is 12.4. The van der Waals surface area contributed by atoms with Gasteiger partial charge in [-0.05, 0) is 30.2 Å². The average molecular weight is 407 g/mol. The normalized spacial score (nSPS) is 11.0. The van der Waals surface area contributed by atoms with Crippen LogP contribution in [0.2, 0.25) is 0 Å². The van der Waals surface area contributed by atoms with Gasteiger partial charge in [-0.2, -0.15) is 0 Å². The van der Waals surface area contributed by atoms with Crippen LogP contribution in [0.5, 0.6) is 5.75 Å². The molecule has 0 aromatic heterocycles. The maximum atomic E-state index is 12.4. The lowest BCUT2D eigenvalue weighted by Crippen LogP contribution is -2.37. The summed E-state index contributed by atoms with van der Waals surface area (Å²) in [7, 11) is -2.62. The zero-order valence-electron chi connectivity index (χ0n) is 15.7. The Labute approximate surface area is 163 Å². The second-order valence-electron chi connectivity index (χ2n) is 5.98. The van der Waals surface area contributed by atoms with Crippen LogP contribution in [-0.2, 0) is 21.2 Å². The highest BCUT2D eigenvalue weighted by molar-refractivity contribution is 7.92. The molecule has 0 spiro atoms. The van der Waals surface area contributed by atoms with Crippen LogP contribution in [0.15, 0.2) is 42.5 Å². The Hall–Kier alpha value is -3.14. The standard InChI is InChI=1S/C18H21N3O6S/c1-4-13-5-7-14(8-6-13)19-18(22)12-20(28(3,25)26)16-11-15(21(23)24)9-10-17(16)27-2/h5-11H,4,12H2,1-3H3,(H,19,22). The van der Waals surface area contributed by atoms with Gasteiger partial charge in [0.15, 0.2) is 0 Å². The summed E-state index contributed by atoms with van der Waals surface area (Å²) in [6, 6.07) is 10.7. The van der Waals surface area contributed by atoms with E-state index in [-0.39, 0.29) is 17.1 Å². The lowest BCUT2D eigenvalue weighted by atomic mass is 10.1. The minimum atomic E-state index is -3.92. The number of carbonyl (C=O) groups is 1. The van der Waals surface area contributed by atoms with Crippen molar-refractivity contribution in [1.29, 1.82) is 0 Å². The van der Waals surface area contributed by atoms with Crippen LogP contribution in [0.4, 0.5) is 17.1 Å². The van der Waals surface area contributed by atoms with Crippen molar-refractivity contribution in [3.05, 3.63) is 58.1 Å². The number of rotatable bonds is 8. The summed E-state index contributed by atoms with van der Waals surface area (Å²) in [5.74, 6) is -0.501. The zero-order valence-corrected chi connectivity index (χ0v) is 16.5. The van der Waals surface area contributed by atoms with Gasteiger partial charge in [-0.25, -0.2) is 8.42 Å². The summed E-state index contributed by atoms with van der Waals surface area (Å²) in [6.45, 7) is 1.44. The van der Waals surface area contributed by atoms with Crippen molar-refractivity contribution in [1.82, 2.24) is 0 Å². The van der Waals surface area contributed by atoms with Gasteiger partial charge >= 0.3 is 0 Å². The maximum Gasteiger partial charge on any atom is 0.271 e. The summed E-state index contributed by atoms with van der Waals surface area (Å²) >= 11 is 0. The molecule has 150 valence electrons. The van der Waals surface area contributed by atoms with Crippen molar-refractivity contribution in [2.45, 2.75) is 13.3 Å². The third-order valence-electron chi connectivity index (χ3n) is 3.98. The molecule has 1 amide bonds. The quantitative estimate of drug-likeness (QED) is 0.531. The molecular formula is C18H21N3O6S. The number of non-ortho nitro benzene ring substituents is 1. The van der Waals surface area contributed by atoms with Crippen molar-refractivity contribution in [3.63, 3.8) is 0 Å². The number of hydrogen-bond acceptors (Lipinski definition) is 6. The molecule has 0 aliphatic heterocycles. The van der Waals surface area contributed by atoms with Crippen molar-refractivity contribution in [2.24, 2.45) is 0 Å². The molecule has 2 aromatic rings. The molecule has 0 unspecified atom stereocenters. The monoisotopic (exact) mass is 407 g/mol. The van der Waals surface area contributed by atoms with E-state index < -0.39 is 27.4 Å². The molecule has 10 heteroatoms. The molecule has 1 N–H and O–H groups in total. The van der Waals surface area contributed by atoms with Gasteiger partial charge in [0.1, 0.15) is 18.0 Å². The lowest BCUT2D eigenvalue weighted by Gasteiger charge is -2.23. The number of ether oxygens (including phenoxy) is 1. The van der Waals surface area contributed by atoms with Crippen molar-refractivity contribution in [2.75, 3.05) is 29.5 Å².